The molecule has 0 aromatic carbocycles. The maximum Gasteiger partial charge on any atom is 0.137 e. The van der Waals surface area contributed by atoms with Gasteiger partial charge in [-0.05, 0) is 25.3 Å². The lowest BCUT2D eigenvalue weighted by atomic mass is 9.93. The number of carbonyl (C=O) groups excluding carboxylic acids is 1. The summed E-state index contributed by atoms with van der Waals surface area (Å²) in [6, 6.07) is 0. The summed E-state index contributed by atoms with van der Waals surface area (Å²) in [5, 5.41) is 3.39. The van der Waals surface area contributed by atoms with Gasteiger partial charge in [-0.1, -0.05) is 19.9 Å². The molecule has 0 saturated carbocycles. The Labute approximate surface area is 113 Å². The van der Waals surface area contributed by atoms with Gasteiger partial charge in [-0.2, -0.15) is 0 Å². The average Bonchev–Trinajstić information content (AvgIpc) is 2.64. The summed E-state index contributed by atoms with van der Waals surface area (Å²) in [7, 11) is 0. The number of ketones is 1. The topological polar surface area (TPSA) is 29.1 Å². The van der Waals surface area contributed by atoms with Crippen LogP contribution in [-0.4, -0.2) is 12.3 Å². The predicted octanol–water partition coefficient (Wildman–Crippen LogP) is 3.47. The lowest BCUT2D eigenvalue weighted by Crippen LogP contribution is -2.17. The van der Waals surface area contributed by atoms with E-state index < -0.39 is 0 Å². The van der Waals surface area contributed by atoms with Gasteiger partial charge in [0.25, 0.3) is 0 Å². The number of fused-ring (bicyclic) bond motifs is 1. The molecule has 0 aliphatic heterocycles. The van der Waals surface area contributed by atoms with Crippen molar-refractivity contribution in [1.82, 2.24) is 5.32 Å². The third-order valence-corrected chi connectivity index (χ3v) is 4.65. The molecule has 98 valence electrons. The highest BCUT2D eigenvalue weighted by Crippen LogP contribution is 2.35. The van der Waals surface area contributed by atoms with Crippen LogP contribution in [0.5, 0.6) is 0 Å². The zero-order valence-electron chi connectivity index (χ0n) is 11.3. The number of unbranched alkanes of at least 4 members (excludes halogenated alkanes) is 1. The molecule has 2 nitrogen and oxygen atoms in total. The van der Waals surface area contributed by atoms with Crippen molar-refractivity contribution >= 4 is 22.8 Å². The molecule has 1 aliphatic rings. The molecule has 1 heterocycles. The first-order valence-corrected chi connectivity index (χ1v) is 7.51. The Morgan fingerprint density at radius 2 is 2.22 bits per heavy atom. The maximum absolute atomic E-state index is 11.6. The van der Waals surface area contributed by atoms with Crippen LogP contribution in [0.2, 0.25) is 0 Å². The van der Waals surface area contributed by atoms with Crippen LogP contribution in [0.15, 0.2) is 6.58 Å². The molecule has 0 radical (unpaired) electrons. The van der Waals surface area contributed by atoms with E-state index in [1.54, 1.807) is 0 Å². The Balaban J connectivity index is 2.19. The van der Waals surface area contributed by atoms with E-state index in [9.17, 15) is 4.79 Å². The highest BCUT2D eigenvalue weighted by molar-refractivity contribution is 7.12. The van der Waals surface area contributed by atoms with Crippen molar-refractivity contribution < 1.29 is 4.79 Å². The molecule has 0 atom stereocenters. The molecular formula is C15H21NOS. The quantitative estimate of drug-likeness (QED) is 0.824. The molecule has 0 spiro atoms. The molecule has 1 N–H and O–H groups in total. The lowest BCUT2D eigenvalue weighted by molar-refractivity contribution is -0.118. The largest absolute Gasteiger partial charge is 0.385 e. The summed E-state index contributed by atoms with van der Waals surface area (Å²) in [5.41, 5.74) is 3.44. The van der Waals surface area contributed by atoms with Crippen molar-refractivity contribution in [2.45, 2.75) is 46.0 Å². The summed E-state index contributed by atoms with van der Waals surface area (Å²) in [5.74, 6) is 0.364. The van der Waals surface area contributed by atoms with Gasteiger partial charge < -0.3 is 5.32 Å². The second kappa shape index (κ2) is 5.70. The molecule has 1 aromatic heterocycles. The van der Waals surface area contributed by atoms with Gasteiger partial charge in [0.2, 0.25) is 0 Å². The minimum absolute atomic E-state index is 0.364. The van der Waals surface area contributed by atoms with Gasteiger partial charge in [0.05, 0.1) is 0 Å². The zero-order valence-corrected chi connectivity index (χ0v) is 12.1. The monoisotopic (exact) mass is 263 g/mol. The summed E-state index contributed by atoms with van der Waals surface area (Å²) < 4.78 is 0. The molecule has 0 saturated heterocycles. The van der Waals surface area contributed by atoms with Gasteiger partial charge in [0, 0.05) is 40.4 Å². The van der Waals surface area contributed by atoms with Gasteiger partial charge in [-0.25, -0.2) is 0 Å². The van der Waals surface area contributed by atoms with Gasteiger partial charge in [0.15, 0.2) is 0 Å². The van der Waals surface area contributed by atoms with Crippen molar-refractivity contribution in [2.24, 2.45) is 0 Å². The number of nitrogens with one attached hydrogen (secondary N) is 1. The highest BCUT2D eigenvalue weighted by atomic mass is 32.1. The Bertz CT molecular complexity index is 473. The summed E-state index contributed by atoms with van der Waals surface area (Å²) in [6.45, 7) is 9.43. The minimum atomic E-state index is 0.364. The fraction of sp³-hybridized carbons (Fsp3) is 0.533. The summed E-state index contributed by atoms with van der Waals surface area (Å²) in [4.78, 5) is 14.3. The van der Waals surface area contributed by atoms with E-state index in [0.29, 0.717) is 18.6 Å². The Morgan fingerprint density at radius 1 is 1.44 bits per heavy atom. The molecule has 1 aliphatic carbocycles. The zero-order chi connectivity index (χ0) is 13.1. The molecule has 0 fully saturated rings. The van der Waals surface area contributed by atoms with Crippen molar-refractivity contribution in [3.63, 3.8) is 0 Å². The number of Topliss-reactive ketones (excluding diaryl/α,β-unsaturated/α-hetero) is 1. The van der Waals surface area contributed by atoms with E-state index in [4.69, 9.17) is 0 Å². The fourth-order valence-electron chi connectivity index (χ4n) is 2.48. The highest BCUT2D eigenvalue weighted by Gasteiger charge is 2.23. The van der Waals surface area contributed by atoms with Crippen LogP contribution in [0.4, 0.5) is 0 Å². The Hall–Kier alpha value is -1.09. The van der Waals surface area contributed by atoms with Crippen LogP contribution in [0.1, 0.15) is 47.1 Å². The second-order valence-corrected chi connectivity index (χ2v) is 6.22. The number of carbonyl (C=O) groups is 1. The van der Waals surface area contributed by atoms with E-state index in [1.807, 2.05) is 11.3 Å². The molecular weight excluding hydrogens is 242 g/mol. The van der Waals surface area contributed by atoms with E-state index in [2.05, 4.69) is 25.7 Å². The normalized spacial score (nSPS) is 14.4. The van der Waals surface area contributed by atoms with Gasteiger partial charge in [-0.15, -0.1) is 11.3 Å². The summed E-state index contributed by atoms with van der Waals surface area (Å²) in [6.07, 6.45) is 4.57. The first kappa shape index (κ1) is 13.3. The van der Waals surface area contributed by atoms with Crippen LogP contribution in [0, 0.1) is 6.92 Å². The van der Waals surface area contributed by atoms with Crippen LogP contribution in [0.3, 0.4) is 0 Å². The van der Waals surface area contributed by atoms with E-state index in [-0.39, 0.29) is 0 Å². The van der Waals surface area contributed by atoms with Crippen LogP contribution in [-0.2, 0) is 17.6 Å². The molecule has 2 rings (SSSR count). The number of hydrogen-bond donors (Lipinski definition) is 1. The van der Waals surface area contributed by atoms with Gasteiger partial charge in [0.1, 0.15) is 5.78 Å². The number of hydrogen-bond acceptors (Lipinski definition) is 3. The maximum atomic E-state index is 11.6. The average molecular weight is 263 g/mol. The van der Waals surface area contributed by atoms with Gasteiger partial charge in [-0.3, -0.25) is 4.79 Å². The molecule has 0 bridgehead atoms. The van der Waals surface area contributed by atoms with Crippen molar-refractivity contribution in [3.05, 3.63) is 27.5 Å². The number of rotatable bonds is 5. The van der Waals surface area contributed by atoms with Crippen molar-refractivity contribution in [1.29, 1.82) is 0 Å². The molecule has 0 unspecified atom stereocenters. The van der Waals surface area contributed by atoms with E-state index in [1.165, 1.54) is 27.3 Å². The molecule has 18 heavy (non-hydrogen) atoms. The van der Waals surface area contributed by atoms with Crippen molar-refractivity contribution in [3.8, 4) is 0 Å². The van der Waals surface area contributed by atoms with E-state index in [0.717, 1.165) is 25.1 Å². The smallest absolute Gasteiger partial charge is 0.137 e. The first-order chi connectivity index (χ1) is 8.63. The SMILES string of the molecule is C=C(NCCCC)c1c(C)sc2c1CC(=O)CC2. The molecule has 1 aromatic rings. The van der Waals surface area contributed by atoms with Gasteiger partial charge >= 0.3 is 0 Å². The molecule has 3 heteroatoms. The van der Waals surface area contributed by atoms with Crippen molar-refractivity contribution in [2.75, 3.05) is 6.54 Å². The minimum Gasteiger partial charge on any atom is -0.385 e. The van der Waals surface area contributed by atoms with E-state index >= 15 is 0 Å². The standard InChI is InChI=1S/C15H21NOS/c1-4-5-8-16-10(2)15-11(3)18-14-7-6-12(17)9-13(14)15/h16H,2,4-9H2,1,3H3. The lowest BCUT2D eigenvalue weighted by Gasteiger charge is -2.15. The predicted molar refractivity (Wildman–Crippen MR) is 78.0 cm³/mol. The fourth-order valence-corrected chi connectivity index (χ4v) is 3.70. The van der Waals surface area contributed by atoms with Crippen LogP contribution < -0.4 is 5.32 Å². The number of thiophene rings is 1. The summed E-state index contributed by atoms with van der Waals surface area (Å²) >= 11 is 1.83. The molecule has 0 amide bonds. The Kier molecular flexibility index (Phi) is 4.23. The number of aryl methyl sites for hydroxylation is 2. The van der Waals surface area contributed by atoms with Crippen LogP contribution >= 0.6 is 11.3 Å². The van der Waals surface area contributed by atoms with Crippen LogP contribution in [0.25, 0.3) is 5.70 Å². The first-order valence-electron chi connectivity index (χ1n) is 6.69. The Morgan fingerprint density at radius 3 is 2.94 bits per heavy atom. The second-order valence-electron chi connectivity index (χ2n) is 4.91. The third kappa shape index (κ3) is 2.66. The third-order valence-electron chi connectivity index (χ3n) is 3.44.